The number of hydrogen-bond donors (Lipinski definition) is 1. The standard InChI is InChI=1S/C26H28N6OS/c33-26(32-8-3-9-32)16-4-5-19-22(12-16)34-25-23(19)24(28-15-29-25)30-20-10-17-13-27-14-18(17)11-21(20)31-6-1-2-7-31/h10-11,13,15-16H,1-9,12,14H2,(H,28,29,30)/t16-/m0/s1. The lowest BCUT2D eigenvalue weighted by Crippen LogP contribution is -2.46. The first-order valence-electron chi connectivity index (χ1n) is 12.5. The van der Waals surface area contributed by atoms with E-state index in [9.17, 15) is 4.79 Å². The molecular formula is C26H28N6OS. The van der Waals surface area contributed by atoms with E-state index in [1.54, 1.807) is 17.7 Å². The molecule has 2 saturated heterocycles. The number of likely N-dealkylation sites (tertiary alicyclic amines) is 1. The number of anilines is 3. The van der Waals surface area contributed by atoms with Crippen molar-refractivity contribution in [3.05, 3.63) is 40.0 Å². The molecule has 1 N–H and O–H groups in total. The van der Waals surface area contributed by atoms with E-state index in [1.165, 1.54) is 40.1 Å². The van der Waals surface area contributed by atoms with Crippen molar-refractivity contribution in [3.8, 4) is 0 Å². The molecule has 2 fully saturated rings. The number of thiophene rings is 1. The molecule has 3 aliphatic heterocycles. The van der Waals surface area contributed by atoms with Gasteiger partial charge < -0.3 is 15.1 Å². The topological polar surface area (TPSA) is 73.7 Å². The molecule has 0 unspecified atom stereocenters. The maximum absolute atomic E-state index is 12.8. The van der Waals surface area contributed by atoms with Crippen LogP contribution in [-0.4, -0.2) is 53.2 Å². The molecule has 7 rings (SSSR count). The van der Waals surface area contributed by atoms with E-state index in [0.29, 0.717) is 5.91 Å². The highest BCUT2D eigenvalue weighted by Crippen LogP contribution is 2.42. The van der Waals surface area contributed by atoms with Gasteiger partial charge in [0.15, 0.2) is 0 Å². The van der Waals surface area contributed by atoms with E-state index in [2.05, 4.69) is 32.3 Å². The normalized spacial score (nSPS) is 21.0. The Hall–Kier alpha value is -3.00. The Labute approximate surface area is 202 Å². The van der Waals surface area contributed by atoms with Crippen molar-refractivity contribution in [2.45, 2.75) is 45.1 Å². The third-order valence-corrected chi connectivity index (χ3v) is 8.97. The number of hydrogen-bond acceptors (Lipinski definition) is 7. The molecule has 1 atom stereocenters. The molecule has 0 bridgehead atoms. The molecule has 0 spiro atoms. The fraction of sp³-hybridized carbons (Fsp3) is 0.462. The molecule has 5 heterocycles. The van der Waals surface area contributed by atoms with E-state index in [0.717, 1.165) is 80.1 Å². The van der Waals surface area contributed by atoms with Crippen LogP contribution in [0.15, 0.2) is 23.5 Å². The quantitative estimate of drug-likeness (QED) is 0.613. The van der Waals surface area contributed by atoms with Gasteiger partial charge in [0.05, 0.1) is 23.3 Å². The molecule has 2 aromatic heterocycles. The Morgan fingerprint density at radius 3 is 2.79 bits per heavy atom. The summed E-state index contributed by atoms with van der Waals surface area (Å²) in [6.07, 6.45) is 9.92. The van der Waals surface area contributed by atoms with Crippen LogP contribution in [0.25, 0.3) is 10.2 Å². The number of aromatic nitrogens is 2. The zero-order valence-corrected chi connectivity index (χ0v) is 20.0. The summed E-state index contributed by atoms with van der Waals surface area (Å²) in [5, 5.41) is 4.84. The van der Waals surface area contributed by atoms with Gasteiger partial charge in [0.2, 0.25) is 5.91 Å². The third-order valence-electron chi connectivity index (χ3n) is 7.81. The van der Waals surface area contributed by atoms with Crippen LogP contribution in [0.5, 0.6) is 0 Å². The summed E-state index contributed by atoms with van der Waals surface area (Å²) in [5.41, 5.74) is 6.16. The van der Waals surface area contributed by atoms with Crippen molar-refractivity contribution in [3.63, 3.8) is 0 Å². The van der Waals surface area contributed by atoms with Crippen molar-refractivity contribution in [2.75, 3.05) is 36.4 Å². The van der Waals surface area contributed by atoms with Crippen molar-refractivity contribution < 1.29 is 4.79 Å². The van der Waals surface area contributed by atoms with Crippen LogP contribution in [-0.2, 0) is 24.2 Å². The number of carbonyl (C=O) groups excluding carboxylic acids is 1. The Morgan fingerprint density at radius 2 is 1.97 bits per heavy atom. The first kappa shape index (κ1) is 20.4. The minimum atomic E-state index is 0.114. The third kappa shape index (κ3) is 3.30. The fourth-order valence-electron chi connectivity index (χ4n) is 5.81. The summed E-state index contributed by atoms with van der Waals surface area (Å²) >= 11 is 1.74. The van der Waals surface area contributed by atoms with Crippen molar-refractivity contribution in [2.24, 2.45) is 10.9 Å². The number of aliphatic imine (C=N–C) groups is 1. The van der Waals surface area contributed by atoms with Crippen molar-refractivity contribution >= 4 is 50.9 Å². The van der Waals surface area contributed by atoms with Gasteiger partial charge in [-0.3, -0.25) is 9.79 Å². The van der Waals surface area contributed by atoms with Gasteiger partial charge in [0, 0.05) is 43.2 Å². The average molecular weight is 473 g/mol. The molecule has 4 aliphatic rings. The second-order valence-electron chi connectivity index (χ2n) is 9.88. The molecular weight excluding hydrogens is 444 g/mol. The summed E-state index contributed by atoms with van der Waals surface area (Å²) in [6, 6.07) is 4.54. The number of nitrogens with zero attached hydrogens (tertiary/aromatic N) is 5. The predicted octanol–water partition coefficient (Wildman–Crippen LogP) is 4.30. The second-order valence-corrected chi connectivity index (χ2v) is 11.0. The smallest absolute Gasteiger partial charge is 0.226 e. The number of nitrogens with one attached hydrogen (secondary N) is 1. The highest BCUT2D eigenvalue weighted by atomic mass is 32.1. The minimum absolute atomic E-state index is 0.114. The highest BCUT2D eigenvalue weighted by Gasteiger charge is 2.33. The van der Waals surface area contributed by atoms with Gasteiger partial charge in [-0.1, -0.05) is 0 Å². The fourth-order valence-corrected chi connectivity index (χ4v) is 7.07. The van der Waals surface area contributed by atoms with Crippen LogP contribution in [0, 0.1) is 5.92 Å². The van der Waals surface area contributed by atoms with Crippen molar-refractivity contribution in [1.82, 2.24) is 14.9 Å². The van der Waals surface area contributed by atoms with Gasteiger partial charge in [0.1, 0.15) is 17.0 Å². The maximum Gasteiger partial charge on any atom is 0.226 e. The zero-order valence-electron chi connectivity index (χ0n) is 19.2. The van der Waals surface area contributed by atoms with Gasteiger partial charge in [-0.2, -0.15) is 0 Å². The first-order chi connectivity index (χ1) is 16.7. The summed E-state index contributed by atoms with van der Waals surface area (Å²) in [6.45, 7) is 4.81. The SMILES string of the molecule is O=C([C@H]1CCc2c(sc3ncnc(Nc4cc5c(cc4N4CCCC4)CN=C5)c23)C1)N1CCC1. The number of fused-ring (bicyclic) bond motifs is 4. The number of rotatable bonds is 4. The lowest BCUT2D eigenvalue weighted by molar-refractivity contribution is -0.139. The summed E-state index contributed by atoms with van der Waals surface area (Å²) in [7, 11) is 0. The lowest BCUT2D eigenvalue weighted by atomic mass is 9.86. The summed E-state index contributed by atoms with van der Waals surface area (Å²) < 4.78 is 0. The molecule has 34 heavy (non-hydrogen) atoms. The summed E-state index contributed by atoms with van der Waals surface area (Å²) in [5.74, 6) is 1.34. The minimum Gasteiger partial charge on any atom is -0.370 e. The lowest BCUT2D eigenvalue weighted by Gasteiger charge is -2.35. The second kappa shape index (κ2) is 8.05. The highest BCUT2D eigenvalue weighted by molar-refractivity contribution is 7.19. The molecule has 8 heteroatoms. The van der Waals surface area contributed by atoms with Gasteiger partial charge >= 0.3 is 0 Å². The monoisotopic (exact) mass is 472 g/mol. The average Bonchev–Trinajstić information content (AvgIpc) is 3.56. The van der Waals surface area contributed by atoms with Crippen LogP contribution >= 0.6 is 11.3 Å². The molecule has 0 radical (unpaired) electrons. The molecule has 1 aliphatic carbocycles. The van der Waals surface area contributed by atoms with E-state index >= 15 is 0 Å². The van der Waals surface area contributed by atoms with E-state index in [-0.39, 0.29) is 5.92 Å². The molecule has 174 valence electrons. The Kier molecular flexibility index (Phi) is 4.82. The molecule has 7 nitrogen and oxygen atoms in total. The Balaban J connectivity index is 1.25. The van der Waals surface area contributed by atoms with E-state index < -0.39 is 0 Å². The number of amides is 1. The predicted molar refractivity (Wildman–Crippen MR) is 137 cm³/mol. The van der Waals surface area contributed by atoms with E-state index in [1.807, 2.05) is 11.1 Å². The van der Waals surface area contributed by atoms with Crippen LogP contribution in [0.4, 0.5) is 17.2 Å². The Bertz CT molecular complexity index is 1320. The van der Waals surface area contributed by atoms with Gasteiger partial charge in [0.25, 0.3) is 0 Å². The van der Waals surface area contributed by atoms with Gasteiger partial charge in [-0.25, -0.2) is 9.97 Å². The number of aryl methyl sites for hydroxylation is 1. The molecule has 3 aromatic rings. The van der Waals surface area contributed by atoms with E-state index in [4.69, 9.17) is 4.98 Å². The van der Waals surface area contributed by atoms with Crippen molar-refractivity contribution in [1.29, 1.82) is 0 Å². The van der Waals surface area contributed by atoms with Crippen LogP contribution in [0.2, 0.25) is 0 Å². The zero-order chi connectivity index (χ0) is 22.6. The molecule has 1 aromatic carbocycles. The first-order valence-corrected chi connectivity index (χ1v) is 13.3. The molecule has 1 amide bonds. The number of benzene rings is 1. The van der Waals surface area contributed by atoms with Crippen LogP contribution in [0.3, 0.4) is 0 Å². The largest absolute Gasteiger partial charge is 0.370 e. The summed E-state index contributed by atoms with van der Waals surface area (Å²) in [4.78, 5) is 33.5. The number of carbonyl (C=O) groups is 1. The van der Waals surface area contributed by atoms with Crippen LogP contribution in [0.1, 0.15) is 47.3 Å². The van der Waals surface area contributed by atoms with Gasteiger partial charge in [-0.15, -0.1) is 11.3 Å². The van der Waals surface area contributed by atoms with Crippen LogP contribution < -0.4 is 10.2 Å². The molecule has 0 saturated carbocycles. The Morgan fingerprint density at radius 1 is 1.09 bits per heavy atom. The van der Waals surface area contributed by atoms with Gasteiger partial charge in [-0.05, 0) is 67.3 Å². The maximum atomic E-state index is 12.8.